The number of benzene rings is 4. The number of aryl methyl sites for hydroxylation is 3. The fourth-order valence-corrected chi connectivity index (χ4v) is 4.21. The normalized spacial score (nSPS) is 11.3. The van der Waals surface area contributed by atoms with E-state index in [4.69, 9.17) is 0 Å². The third kappa shape index (κ3) is 7.60. The Bertz CT molecular complexity index is 1390. The Kier molecular flexibility index (Phi) is 8.50. The van der Waals surface area contributed by atoms with Crippen molar-refractivity contribution in [3.8, 4) is 17.6 Å². The van der Waals surface area contributed by atoms with Crippen LogP contribution in [0.15, 0.2) is 78.9 Å². The molecule has 0 atom stereocenters. The minimum Gasteiger partial charge on any atom is -0.406 e. The summed E-state index contributed by atoms with van der Waals surface area (Å²) in [5.41, 5.74) is 4.49. The van der Waals surface area contributed by atoms with Gasteiger partial charge in [0.1, 0.15) is 11.6 Å². The van der Waals surface area contributed by atoms with E-state index < -0.39 is 12.2 Å². The molecule has 0 unspecified atom stereocenters. The van der Waals surface area contributed by atoms with Crippen molar-refractivity contribution in [3.63, 3.8) is 0 Å². The summed E-state index contributed by atoms with van der Waals surface area (Å²) in [4.78, 5) is 0. The predicted octanol–water partition coefficient (Wildman–Crippen LogP) is 8.80. The van der Waals surface area contributed by atoms with Crippen LogP contribution in [0.1, 0.15) is 54.0 Å². The van der Waals surface area contributed by atoms with E-state index in [1.807, 2.05) is 18.2 Å². The van der Waals surface area contributed by atoms with Gasteiger partial charge in [-0.25, -0.2) is 4.39 Å². The molecule has 0 amide bonds. The van der Waals surface area contributed by atoms with E-state index in [1.165, 1.54) is 54.7 Å². The lowest BCUT2D eigenvalue weighted by Gasteiger charge is -2.08. The van der Waals surface area contributed by atoms with Crippen LogP contribution in [0.25, 0.3) is 10.8 Å². The average Bonchev–Trinajstić information content (AvgIpc) is 2.88. The molecule has 0 N–H and O–H groups in total. The molecular formula is C32H28F4O. The maximum atomic E-state index is 15.1. The molecule has 37 heavy (non-hydrogen) atoms. The Morgan fingerprint density at radius 3 is 2.03 bits per heavy atom. The maximum absolute atomic E-state index is 15.1. The molecule has 0 radical (unpaired) electrons. The quantitative estimate of drug-likeness (QED) is 0.132. The van der Waals surface area contributed by atoms with Crippen molar-refractivity contribution in [1.29, 1.82) is 0 Å². The molecule has 0 aliphatic rings. The van der Waals surface area contributed by atoms with Gasteiger partial charge in [0.05, 0.1) is 5.56 Å². The van der Waals surface area contributed by atoms with Crippen molar-refractivity contribution < 1.29 is 22.3 Å². The summed E-state index contributed by atoms with van der Waals surface area (Å²) in [5.74, 6) is 4.84. The van der Waals surface area contributed by atoms with Crippen LogP contribution in [-0.4, -0.2) is 6.36 Å². The number of unbranched alkanes of at least 4 members (excludes halogenated alkanes) is 2. The highest BCUT2D eigenvalue weighted by Gasteiger charge is 2.30. The van der Waals surface area contributed by atoms with E-state index in [2.05, 4.69) is 47.8 Å². The zero-order chi connectivity index (χ0) is 26.3. The predicted molar refractivity (Wildman–Crippen MR) is 140 cm³/mol. The molecule has 0 aliphatic carbocycles. The first-order valence-electron chi connectivity index (χ1n) is 12.5. The van der Waals surface area contributed by atoms with E-state index in [1.54, 1.807) is 12.1 Å². The fraction of sp³-hybridized carbons (Fsp3) is 0.250. The minimum atomic E-state index is -4.75. The SMILES string of the molecule is CCCCCc1ccc(CCc2ccc3c(F)c(C#Cc4ccc(OC(F)(F)F)cc4)ccc3c2)cc1. The van der Waals surface area contributed by atoms with Gasteiger partial charge in [0.25, 0.3) is 0 Å². The van der Waals surface area contributed by atoms with Crippen molar-refractivity contribution in [3.05, 3.63) is 112 Å². The Morgan fingerprint density at radius 1 is 0.703 bits per heavy atom. The number of hydrogen-bond donors (Lipinski definition) is 0. The van der Waals surface area contributed by atoms with Gasteiger partial charge in [-0.1, -0.05) is 80.1 Å². The van der Waals surface area contributed by atoms with E-state index in [-0.39, 0.29) is 11.3 Å². The molecule has 0 saturated carbocycles. The maximum Gasteiger partial charge on any atom is 0.573 e. The van der Waals surface area contributed by atoms with Crippen molar-refractivity contribution in [2.24, 2.45) is 0 Å². The summed E-state index contributed by atoms with van der Waals surface area (Å²) in [7, 11) is 0. The third-order valence-corrected chi connectivity index (χ3v) is 6.24. The van der Waals surface area contributed by atoms with Gasteiger partial charge in [0.15, 0.2) is 0 Å². The lowest BCUT2D eigenvalue weighted by Crippen LogP contribution is -2.16. The van der Waals surface area contributed by atoms with Gasteiger partial charge >= 0.3 is 6.36 Å². The summed E-state index contributed by atoms with van der Waals surface area (Å²) in [6.07, 6.45) is 1.87. The molecule has 4 aromatic rings. The Labute approximate surface area is 215 Å². The van der Waals surface area contributed by atoms with Crippen LogP contribution >= 0.6 is 0 Å². The van der Waals surface area contributed by atoms with Crippen LogP contribution in [0, 0.1) is 17.7 Å². The van der Waals surface area contributed by atoms with E-state index in [0.717, 1.165) is 30.2 Å². The summed E-state index contributed by atoms with van der Waals surface area (Å²) < 4.78 is 55.8. The second-order valence-corrected chi connectivity index (χ2v) is 9.08. The van der Waals surface area contributed by atoms with Crippen LogP contribution in [0.4, 0.5) is 17.6 Å². The zero-order valence-corrected chi connectivity index (χ0v) is 20.7. The highest BCUT2D eigenvalue weighted by molar-refractivity contribution is 5.85. The number of hydrogen-bond acceptors (Lipinski definition) is 1. The van der Waals surface area contributed by atoms with Crippen LogP contribution < -0.4 is 4.74 Å². The molecule has 0 aromatic heterocycles. The number of halogens is 4. The fourth-order valence-electron chi connectivity index (χ4n) is 4.21. The standard InChI is InChI=1S/C32H28F4O/c1-2-3-4-5-23-6-8-24(9-7-23)10-11-26-15-21-30-28(22-26)18-17-27(31(30)33)16-12-25-13-19-29(20-14-25)37-32(34,35)36/h6-9,13-15,17-22H,2-5,10-11H2,1H3. The molecule has 0 bridgehead atoms. The zero-order valence-electron chi connectivity index (χ0n) is 20.7. The highest BCUT2D eigenvalue weighted by Crippen LogP contribution is 2.24. The van der Waals surface area contributed by atoms with Gasteiger partial charge < -0.3 is 4.74 Å². The summed E-state index contributed by atoms with van der Waals surface area (Å²) in [6.45, 7) is 2.21. The van der Waals surface area contributed by atoms with Crippen LogP contribution in [0.3, 0.4) is 0 Å². The second kappa shape index (κ2) is 12.0. The molecule has 5 heteroatoms. The van der Waals surface area contributed by atoms with Crippen LogP contribution in [0.2, 0.25) is 0 Å². The molecule has 0 saturated heterocycles. The first kappa shape index (κ1) is 26.3. The van der Waals surface area contributed by atoms with Gasteiger partial charge in [-0.2, -0.15) is 0 Å². The monoisotopic (exact) mass is 504 g/mol. The molecule has 0 fully saturated rings. The first-order valence-corrected chi connectivity index (χ1v) is 12.5. The summed E-state index contributed by atoms with van der Waals surface area (Å²) in [6, 6.07) is 23.2. The van der Waals surface area contributed by atoms with Gasteiger partial charge in [-0.15, -0.1) is 13.2 Å². The van der Waals surface area contributed by atoms with Crippen LogP contribution in [-0.2, 0) is 19.3 Å². The van der Waals surface area contributed by atoms with Crippen molar-refractivity contribution in [2.75, 3.05) is 0 Å². The molecule has 190 valence electrons. The molecule has 0 spiro atoms. The van der Waals surface area contributed by atoms with Gasteiger partial charge in [-0.3, -0.25) is 0 Å². The topological polar surface area (TPSA) is 9.23 Å². The lowest BCUT2D eigenvalue weighted by atomic mass is 9.98. The molecule has 0 aliphatic heterocycles. The summed E-state index contributed by atoms with van der Waals surface area (Å²) in [5, 5.41) is 1.29. The molecule has 0 heterocycles. The summed E-state index contributed by atoms with van der Waals surface area (Å²) >= 11 is 0. The molecule has 4 aromatic carbocycles. The largest absolute Gasteiger partial charge is 0.573 e. The Morgan fingerprint density at radius 2 is 1.35 bits per heavy atom. The number of alkyl halides is 3. The van der Waals surface area contributed by atoms with Crippen molar-refractivity contribution in [1.82, 2.24) is 0 Å². The number of fused-ring (bicyclic) bond motifs is 1. The van der Waals surface area contributed by atoms with Gasteiger partial charge in [0, 0.05) is 10.9 Å². The van der Waals surface area contributed by atoms with Gasteiger partial charge in [0.2, 0.25) is 0 Å². The highest BCUT2D eigenvalue weighted by atomic mass is 19.4. The number of rotatable bonds is 8. The molecule has 1 nitrogen and oxygen atoms in total. The van der Waals surface area contributed by atoms with Gasteiger partial charge in [-0.05, 0) is 78.1 Å². The van der Waals surface area contributed by atoms with E-state index >= 15 is 4.39 Å². The smallest absolute Gasteiger partial charge is 0.406 e. The number of ether oxygens (including phenoxy) is 1. The Hall–Kier alpha value is -3.78. The van der Waals surface area contributed by atoms with Crippen molar-refractivity contribution >= 4 is 10.8 Å². The molecule has 4 rings (SSSR count). The first-order chi connectivity index (χ1) is 17.8. The Balaban J connectivity index is 1.41. The second-order valence-electron chi connectivity index (χ2n) is 9.08. The molecular weight excluding hydrogens is 476 g/mol. The minimum absolute atomic E-state index is 0.231. The van der Waals surface area contributed by atoms with E-state index in [9.17, 15) is 13.2 Å². The van der Waals surface area contributed by atoms with Crippen LogP contribution in [0.5, 0.6) is 5.75 Å². The lowest BCUT2D eigenvalue weighted by molar-refractivity contribution is -0.274. The third-order valence-electron chi connectivity index (χ3n) is 6.24. The van der Waals surface area contributed by atoms with Crippen molar-refractivity contribution in [2.45, 2.75) is 51.8 Å². The average molecular weight is 505 g/mol. The van der Waals surface area contributed by atoms with E-state index in [0.29, 0.717) is 10.9 Å².